The normalized spacial score (nSPS) is 15.4. The molecular formula is C11H9NO4. The summed E-state index contributed by atoms with van der Waals surface area (Å²) in [5.41, 5.74) is 1.66. The van der Waals surface area contributed by atoms with E-state index >= 15 is 0 Å². The molecule has 1 aromatic carbocycles. The minimum Gasteiger partial charge on any atom is -0.286 e. The first kappa shape index (κ1) is 10.5. The highest BCUT2D eigenvalue weighted by Gasteiger charge is 2.48. The van der Waals surface area contributed by atoms with E-state index in [0.717, 1.165) is 0 Å². The first-order valence-electron chi connectivity index (χ1n) is 4.77. The quantitative estimate of drug-likeness (QED) is 0.405. The van der Waals surface area contributed by atoms with Gasteiger partial charge in [0.1, 0.15) is 0 Å². The van der Waals surface area contributed by atoms with Gasteiger partial charge in [-0.15, -0.1) is 0 Å². The molecule has 0 saturated carbocycles. The molecule has 0 saturated heterocycles. The number of nitro groups is 1. The second-order valence-electron chi connectivity index (χ2n) is 3.87. The molecular weight excluding hydrogens is 210 g/mol. The molecule has 0 N–H and O–H groups in total. The van der Waals surface area contributed by atoms with Crippen molar-refractivity contribution in [2.45, 2.75) is 19.9 Å². The van der Waals surface area contributed by atoms with E-state index in [-0.39, 0.29) is 11.1 Å². The lowest BCUT2D eigenvalue weighted by molar-refractivity contribution is -0.488. The molecule has 5 heteroatoms. The summed E-state index contributed by atoms with van der Waals surface area (Å²) in [5.74, 6) is -1.38. The number of fused-ring (bicyclic) bond motifs is 1. The number of nitrogens with zero attached hydrogens (tertiary/aromatic N) is 1. The predicted molar refractivity (Wildman–Crippen MR) is 55.4 cm³/mol. The maximum atomic E-state index is 11.8. The van der Waals surface area contributed by atoms with E-state index in [4.69, 9.17) is 0 Å². The Morgan fingerprint density at radius 2 is 1.44 bits per heavy atom. The zero-order chi connectivity index (χ0) is 12.0. The van der Waals surface area contributed by atoms with Gasteiger partial charge >= 0.3 is 6.04 Å². The van der Waals surface area contributed by atoms with Crippen LogP contribution < -0.4 is 0 Å². The highest BCUT2D eigenvalue weighted by atomic mass is 16.6. The summed E-state index contributed by atoms with van der Waals surface area (Å²) < 4.78 is 0. The van der Waals surface area contributed by atoms with Crippen LogP contribution in [0, 0.1) is 24.0 Å². The summed E-state index contributed by atoms with van der Waals surface area (Å²) in [6.45, 7) is 3.34. The molecule has 0 fully saturated rings. The van der Waals surface area contributed by atoms with Crippen LogP contribution in [0.15, 0.2) is 12.1 Å². The third kappa shape index (κ3) is 1.18. The Labute approximate surface area is 91.2 Å². The van der Waals surface area contributed by atoms with E-state index < -0.39 is 22.5 Å². The van der Waals surface area contributed by atoms with Crippen LogP contribution in [0.5, 0.6) is 0 Å². The molecule has 0 spiro atoms. The average molecular weight is 219 g/mol. The number of Topliss-reactive ketones (excluding diaryl/α,β-unsaturated/α-hetero) is 2. The fourth-order valence-electron chi connectivity index (χ4n) is 2.03. The lowest BCUT2D eigenvalue weighted by atomic mass is 9.99. The van der Waals surface area contributed by atoms with Crippen molar-refractivity contribution in [2.75, 3.05) is 0 Å². The van der Waals surface area contributed by atoms with Crippen LogP contribution in [0.2, 0.25) is 0 Å². The van der Waals surface area contributed by atoms with Crippen LogP contribution in [0.25, 0.3) is 0 Å². The highest BCUT2D eigenvalue weighted by Crippen LogP contribution is 2.29. The third-order valence-electron chi connectivity index (χ3n) is 2.82. The Hall–Kier alpha value is -2.04. The van der Waals surface area contributed by atoms with Crippen LogP contribution in [-0.2, 0) is 0 Å². The van der Waals surface area contributed by atoms with Crippen LogP contribution in [0.1, 0.15) is 31.8 Å². The van der Waals surface area contributed by atoms with E-state index in [1.807, 2.05) is 0 Å². The SMILES string of the molecule is Cc1ccc(C)c2c1C(=O)C([N+](=O)[O-])C2=O. The van der Waals surface area contributed by atoms with Gasteiger partial charge in [0.05, 0.1) is 0 Å². The van der Waals surface area contributed by atoms with Crippen molar-refractivity contribution < 1.29 is 14.5 Å². The number of hydrogen-bond acceptors (Lipinski definition) is 4. The smallest absolute Gasteiger partial charge is 0.286 e. The van der Waals surface area contributed by atoms with Gasteiger partial charge < -0.3 is 0 Å². The van der Waals surface area contributed by atoms with Gasteiger partial charge in [-0.25, -0.2) is 0 Å². The van der Waals surface area contributed by atoms with Crippen LogP contribution >= 0.6 is 0 Å². The monoisotopic (exact) mass is 219 g/mol. The zero-order valence-corrected chi connectivity index (χ0v) is 8.81. The third-order valence-corrected chi connectivity index (χ3v) is 2.82. The van der Waals surface area contributed by atoms with E-state index in [9.17, 15) is 19.7 Å². The Kier molecular flexibility index (Phi) is 2.11. The van der Waals surface area contributed by atoms with Crippen LogP contribution in [0.4, 0.5) is 0 Å². The Balaban J connectivity index is 2.73. The van der Waals surface area contributed by atoms with E-state index in [1.54, 1.807) is 26.0 Å². The molecule has 1 aromatic rings. The average Bonchev–Trinajstić information content (AvgIpc) is 2.46. The first-order valence-corrected chi connectivity index (χ1v) is 4.77. The molecule has 16 heavy (non-hydrogen) atoms. The van der Waals surface area contributed by atoms with Gasteiger partial charge in [0, 0.05) is 16.1 Å². The van der Waals surface area contributed by atoms with E-state index in [1.165, 1.54) is 0 Å². The maximum absolute atomic E-state index is 11.8. The minimum absolute atomic E-state index is 0.215. The number of benzene rings is 1. The molecule has 0 amide bonds. The number of hydrogen-bond donors (Lipinski definition) is 0. The number of carbonyl (C=O) groups excluding carboxylic acids is 2. The largest absolute Gasteiger partial charge is 0.336 e. The molecule has 5 nitrogen and oxygen atoms in total. The van der Waals surface area contributed by atoms with Crippen molar-refractivity contribution in [3.63, 3.8) is 0 Å². The summed E-state index contributed by atoms with van der Waals surface area (Å²) >= 11 is 0. The molecule has 0 aliphatic heterocycles. The van der Waals surface area contributed by atoms with E-state index in [0.29, 0.717) is 11.1 Å². The number of rotatable bonds is 1. The van der Waals surface area contributed by atoms with Crippen molar-refractivity contribution >= 4 is 11.6 Å². The highest BCUT2D eigenvalue weighted by molar-refractivity contribution is 6.29. The Morgan fingerprint density at radius 1 is 1.06 bits per heavy atom. The van der Waals surface area contributed by atoms with Gasteiger partial charge in [-0.1, -0.05) is 12.1 Å². The van der Waals surface area contributed by atoms with Gasteiger partial charge in [0.2, 0.25) is 11.6 Å². The molecule has 0 radical (unpaired) electrons. The second kappa shape index (κ2) is 3.23. The Morgan fingerprint density at radius 3 is 1.75 bits per heavy atom. The van der Waals surface area contributed by atoms with Gasteiger partial charge in [0.25, 0.3) is 0 Å². The number of aryl methyl sites for hydroxylation is 2. The van der Waals surface area contributed by atoms with Crippen LogP contribution in [0.3, 0.4) is 0 Å². The summed E-state index contributed by atoms with van der Waals surface area (Å²) in [7, 11) is 0. The minimum atomic E-state index is -1.74. The van der Waals surface area contributed by atoms with Gasteiger partial charge in [-0.3, -0.25) is 19.7 Å². The standard InChI is InChI=1S/C11H9NO4/c1-5-3-4-6(2)8-7(5)10(13)9(11(8)14)12(15)16/h3-4,9H,1-2H3. The molecule has 0 unspecified atom stereocenters. The van der Waals surface area contributed by atoms with Crippen molar-refractivity contribution in [1.82, 2.24) is 0 Å². The van der Waals surface area contributed by atoms with Crippen molar-refractivity contribution in [1.29, 1.82) is 0 Å². The van der Waals surface area contributed by atoms with Crippen molar-refractivity contribution in [3.05, 3.63) is 44.5 Å². The Bertz CT molecular complexity index is 492. The van der Waals surface area contributed by atoms with Gasteiger partial charge in [-0.05, 0) is 25.0 Å². The lowest BCUT2D eigenvalue weighted by Gasteiger charge is -2.02. The fraction of sp³-hybridized carbons (Fsp3) is 0.273. The van der Waals surface area contributed by atoms with Crippen molar-refractivity contribution in [3.8, 4) is 0 Å². The molecule has 2 rings (SSSR count). The zero-order valence-electron chi connectivity index (χ0n) is 8.81. The molecule has 0 bridgehead atoms. The molecule has 0 aromatic heterocycles. The first-order chi connectivity index (χ1) is 7.45. The second-order valence-corrected chi connectivity index (χ2v) is 3.87. The van der Waals surface area contributed by atoms with Gasteiger partial charge in [-0.2, -0.15) is 0 Å². The fourth-order valence-corrected chi connectivity index (χ4v) is 2.03. The van der Waals surface area contributed by atoms with E-state index in [2.05, 4.69) is 0 Å². The summed E-state index contributed by atoms with van der Waals surface area (Å²) in [6, 6.07) is 1.65. The maximum Gasteiger partial charge on any atom is 0.336 e. The number of ketones is 2. The summed E-state index contributed by atoms with van der Waals surface area (Å²) in [5, 5.41) is 10.7. The molecule has 0 heterocycles. The van der Waals surface area contributed by atoms with Crippen LogP contribution in [-0.4, -0.2) is 22.5 Å². The predicted octanol–water partition coefficient (Wildman–Crippen LogP) is 1.33. The molecule has 1 aliphatic carbocycles. The summed E-state index contributed by atoms with van der Waals surface area (Å²) in [6.07, 6.45) is 0. The molecule has 0 atom stereocenters. The van der Waals surface area contributed by atoms with Gasteiger partial charge in [0.15, 0.2) is 0 Å². The molecule has 1 aliphatic rings. The number of carbonyl (C=O) groups is 2. The topological polar surface area (TPSA) is 77.3 Å². The van der Waals surface area contributed by atoms with Crippen molar-refractivity contribution in [2.24, 2.45) is 0 Å². The molecule has 82 valence electrons. The summed E-state index contributed by atoms with van der Waals surface area (Å²) in [4.78, 5) is 33.4. The lowest BCUT2D eigenvalue weighted by Crippen LogP contribution is -2.31.